The lowest BCUT2D eigenvalue weighted by Gasteiger charge is -2.12. The van der Waals surface area contributed by atoms with Crippen LogP contribution in [-0.4, -0.2) is 24.2 Å². The maximum atomic E-state index is 6.04. The van der Waals surface area contributed by atoms with Gasteiger partial charge in [0.05, 0.1) is 24.8 Å². The van der Waals surface area contributed by atoms with Gasteiger partial charge in [0, 0.05) is 22.7 Å². The second kappa shape index (κ2) is 6.65. The highest BCUT2D eigenvalue weighted by molar-refractivity contribution is 6.31. The molecule has 3 aromatic rings. The number of hydrogen-bond donors (Lipinski definition) is 1. The molecule has 5 nitrogen and oxygen atoms in total. The van der Waals surface area contributed by atoms with E-state index < -0.39 is 0 Å². The third-order valence-electron chi connectivity index (χ3n) is 3.53. The highest BCUT2D eigenvalue weighted by Gasteiger charge is 2.11. The molecule has 0 saturated carbocycles. The molecule has 0 bridgehead atoms. The molecule has 3 rings (SSSR count). The number of terminal acetylenes is 1. The Morgan fingerprint density at radius 2 is 1.83 bits per heavy atom. The molecule has 0 atom stereocenters. The van der Waals surface area contributed by atoms with Gasteiger partial charge in [0.1, 0.15) is 12.1 Å². The number of nitrogens with zero attached hydrogens (tertiary/aromatic N) is 2. The van der Waals surface area contributed by atoms with Gasteiger partial charge < -0.3 is 14.8 Å². The van der Waals surface area contributed by atoms with E-state index in [2.05, 4.69) is 21.2 Å². The van der Waals surface area contributed by atoms with Gasteiger partial charge in [0.25, 0.3) is 0 Å². The average Bonchev–Trinajstić information content (AvgIpc) is 2.62. The van der Waals surface area contributed by atoms with Gasteiger partial charge in [-0.05, 0) is 24.3 Å². The average molecular weight is 340 g/mol. The molecular weight excluding hydrogens is 326 g/mol. The highest BCUT2D eigenvalue weighted by Crippen LogP contribution is 2.34. The third kappa shape index (κ3) is 2.92. The van der Waals surface area contributed by atoms with E-state index in [1.165, 1.54) is 6.33 Å². The maximum absolute atomic E-state index is 6.04. The second-order valence-electron chi connectivity index (χ2n) is 4.91. The molecule has 24 heavy (non-hydrogen) atoms. The van der Waals surface area contributed by atoms with E-state index in [1.54, 1.807) is 32.4 Å². The van der Waals surface area contributed by atoms with Crippen LogP contribution in [0.5, 0.6) is 11.5 Å². The zero-order valence-corrected chi connectivity index (χ0v) is 13.9. The number of aromatic nitrogens is 2. The second-order valence-corrected chi connectivity index (χ2v) is 5.32. The molecule has 2 aromatic carbocycles. The molecule has 6 heteroatoms. The Labute approximate surface area is 144 Å². The van der Waals surface area contributed by atoms with Gasteiger partial charge >= 0.3 is 0 Å². The minimum atomic E-state index is 0.530. The lowest BCUT2D eigenvalue weighted by Crippen LogP contribution is -1.98. The zero-order valence-electron chi connectivity index (χ0n) is 13.1. The van der Waals surface area contributed by atoms with Crippen LogP contribution in [0.3, 0.4) is 0 Å². The molecule has 0 unspecified atom stereocenters. The smallest absolute Gasteiger partial charge is 0.162 e. The Morgan fingerprint density at radius 3 is 2.54 bits per heavy atom. The van der Waals surface area contributed by atoms with Gasteiger partial charge in [0.15, 0.2) is 11.5 Å². The molecule has 0 fully saturated rings. The molecule has 0 amide bonds. The number of benzene rings is 2. The first kappa shape index (κ1) is 15.9. The van der Waals surface area contributed by atoms with E-state index >= 15 is 0 Å². The summed E-state index contributed by atoms with van der Waals surface area (Å²) in [5.41, 5.74) is 2.12. The summed E-state index contributed by atoms with van der Waals surface area (Å²) in [7, 11) is 3.16. The van der Waals surface area contributed by atoms with Gasteiger partial charge in [-0.15, -0.1) is 6.42 Å². The molecule has 0 aliphatic carbocycles. The Morgan fingerprint density at radius 1 is 1.08 bits per heavy atom. The molecule has 0 radical (unpaired) electrons. The van der Waals surface area contributed by atoms with Gasteiger partial charge in [-0.3, -0.25) is 0 Å². The standard InChI is InChI=1S/C18H14ClN3O2/c1-4-11-7-12(5-6-14(11)19)22-18-13-8-16(23-2)17(24-3)9-15(13)20-10-21-18/h1,5-10H,2-3H3,(H,20,21,22). The first-order valence-electron chi connectivity index (χ1n) is 7.06. The van der Waals surface area contributed by atoms with Crippen molar-refractivity contribution in [3.63, 3.8) is 0 Å². The fourth-order valence-electron chi connectivity index (χ4n) is 2.33. The van der Waals surface area contributed by atoms with Crippen molar-refractivity contribution in [1.29, 1.82) is 0 Å². The van der Waals surface area contributed by atoms with Crippen molar-refractivity contribution in [2.24, 2.45) is 0 Å². The number of halogens is 1. The normalized spacial score (nSPS) is 10.2. The van der Waals surface area contributed by atoms with Crippen molar-refractivity contribution < 1.29 is 9.47 Å². The van der Waals surface area contributed by atoms with Crippen LogP contribution in [0.25, 0.3) is 10.9 Å². The lowest BCUT2D eigenvalue weighted by molar-refractivity contribution is 0.356. The van der Waals surface area contributed by atoms with E-state index in [-0.39, 0.29) is 0 Å². The van der Waals surface area contributed by atoms with Crippen LogP contribution in [0.4, 0.5) is 11.5 Å². The first-order chi connectivity index (χ1) is 11.7. The van der Waals surface area contributed by atoms with Crippen molar-refractivity contribution in [2.75, 3.05) is 19.5 Å². The van der Waals surface area contributed by atoms with Gasteiger partial charge in [-0.1, -0.05) is 17.5 Å². The van der Waals surface area contributed by atoms with Crippen molar-refractivity contribution in [1.82, 2.24) is 9.97 Å². The third-order valence-corrected chi connectivity index (χ3v) is 3.85. The van der Waals surface area contributed by atoms with E-state index in [1.807, 2.05) is 12.1 Å². The van der Waals surface area contributed by atoms with Crippen LogP contribution in [0.15, 0.2) is 36.7 Å². The fraction of sp³-hybridized carbons (Fsp3) is 0.111. The minimum Gasteiger partial charge on any atom is -0.493 e. The first-order valence-corrected chi connectivity index (χ1v) is 7.44. The number of anilines is 2. The predicted octanol–water partition coefficient (Wildman–Crippen LogP) is 4.03. The quantitative estimate of drug-likeness (QED) is 0.727. The van der Waals surface area contributed by atoms with Crippen LogP contribution in [0.1, 0.15) is 5.56 Å². The molecule has 120 valence electrons. The van der Waals surface area contributed by atoms with E-state index in [0.717, 1.165) is 16.6 Å². The predicted molar refractivity (Wildman–Crippen MR) is 95.3 cm³/mol. The summed E-state index contributed by atoms with van der Waals surface area (Å²) in [6.45, 7) is 0. The number of hydrogen-bond acceptors (Lipinski definition) is 5. The molecule has 1 heterocycles. The topological polar surface area (TPSA) is 56.3 Å². The van der Waals surface area contributed by atoms with Crippen LogP contribution >= 0.6 is 11.6 Å². The molecule has 0 aliphatic heterocycles. The number of fused-ring (bicyclic) bond motifs is 1. The summed E-state index contributed by atoms with van der Waals surface area (Å²) in [6, 6.07) is 8.99. The summed E-state index contributed by atoms with van der Waals surface area (Å²) in [6.07, 6.45) is 6.94. The number of rotatable bonds is 4. The van der Waals surface area contributed by atoms with Crippen LogP contribution in [0, 0.1) is 12.3 Å². The van der Waals surface area contributed by atoms with Crippen molar-refractivity contribution in [3.05, 3.63) is 47.2 Å². The monoisotopic (exact) mass is 339 g/mol. The zero-order chi connectivity index (χ0) is 17.1. The molecule has 0 saturated heterocycles. The Balaban J connectivity index is 2.08. The molecule has 0 spiro atoms. The molecular formula is C18H14ClN3O2. The summed E-state index contributed by atoms with van der Waals surface area (Å²) in [4.78, 5) is 8.58. The minimum absolute atomic E-state index is 0.530. The van der Waals surface area contributed by atoms with Crippen molar-refractivity contribution >= 4 is 34.0 Å². The summed E-state index contributed by atoms with van der Waals surface area (Å²) < 4.78 is 10.7. The van der Waals surface area contributed by atoms with Crippen LogP contribution < -0.4 is 14.8 Å². The molecule has 1 aromatic heterocycles. The largest absolute Gasteiger partial charge is 0.493 e. The molecule has 1 N–H and O–H groups in total. The SMILES string of the molecule is C#Cc1cc(Nc2ncnc3cc(OC)c(OC)cc23)ccc1Cl. The Kier molecular flexibility index (Phi) is 4.41. The Bertz CT molecular complexity index is 951. The fourth-order valence-corrected chi connectivity index (χ4v) is 2.51. The van der Waals surface area contributed by atoms with Gasteiger partial charge in [-0.2, -0.15) is 0 Å². The number of ether oxygens (including phenoxy) is 2. The lowest BCUT2D eigenvalue weighted by atomic mass is 10.2. The van der Waals surface area contributed by atoms with Crippen LogP contribution in [0.2, 0.25) is 5.02 Å². The Hall–Kier alpha value is -2.97. The van der Waals surface area contributed by atoms with Gasteiger partial charge in [-0.25, -0.2) is 9.97 Å². The van der Waals surface area contributed by atoms with Crippen molar-refractivity contribution in [3.8, 4) is 23.8 Å². The summed E-state index contributed by atoms with van der Waals surface area (Å²) in [5, 5.41) is 4.56. The van der Waals surface area contributed by atoms with Crippen LogP contribution in [-0.2, 0) is 0 Å². The number of nitrogens with one attached hydrogen (secondary N) is 1. The summed E-state index contributed by atoms with van der Waals surface area (Å²) >= 11 is 6.04. The highest BCUT2D eigenvalue weighted by atomic mass is 35.5. The maximum Gasteiger partial charge on any atom is 0.162 e. The number of methoxy groups -OCH3 is 2. The summed E-state index contributed by atoms with van der Waals surface area (Å²) in [5.74, 6) is 4.39. The van der Waals surface area contributed by atoms with Gasteiger partial charge in [0.2, 0.25) is 0 Å². The van der Waals surface area contributed by atoms with Crippen molar-refractivity contribution in [2.45, 2.75) is 0 Å². The molecule has 0 aliphatic rings. The van der Waals surface area contributed by atoms with E-state index in [0.29, 0.717) is 27.9 Å². The van der Waals surface area contributed by atoms with E-state index in [4.69, 9.17) is 27.5 Å². The van der Waals surface area contributed by atoms with E-state index in [9.17, 15) is 0 Å².